The number of ether oxygens (including phenoxy) is 1. The van der Waals surface area contributed by atoms with E-state index in [1.54, 1.807) is 13.2 Å². The van der Waals surface area contributed by atoms with Crippen LogP contribution in [0.25, 0.3) is 0 Å². The van der Waals surface area contributed by atoms with Crippen molar-refractivity contribution in [2.24, 2.45) is 10.9 Å². The summed E-state index contributed by atoms with van der Waals surface area (Å²) in [6.07, 6.45) is 3.77. The average Bonchev–Trinajstić information content (AvgIpc) is 3.27. The maximum absolute atomic E-state index is 6.05. The number of halogens is 2. The predicted octanol–water partition coefficient (Wildman–Crippen LogP) is 2.88. The first-order valence-corrected chi connectivity index (χ1v) is 10.5. The van der Waals surface area contributed by atoms with Gasteiger partial charge in [-0.1, -0.05) is 30.7 Å². The molecule has 1 aliphatic rings. The fourth-order valence-corrected chi connectivity index (χ4v) is 3.61. The van der Waals surface area contributed by atoms with Crippen molar-refractivity contribution in [3.05, 3.63) is 53.3 Å². The first-order chi connectivity index (χ1) is 14.2. The highest BCUT2D eigenvalue weighted by Gasteiger charge is 2.16. The van der Waals surface area contributed by atoms with E-state index in [1.807, 2.05) is 41.2 Å². The minimum atomic E-state index is 0. The normalized spacial score (nSPS) is 17.1. The minimum Gasteiger partial charge on any atom is -0.379 e. The lowest BCUT2D eigenvalue weighted by Gasteiger charge is -2.29. The van der Waals surface area contributed by atoms with Gasteiger partial charge in [0.2, 0.25) is 0 Å². The fourth-order valence-electron chi connectivity index (χ4n) is 3.49. The molecule has 7 nitrogen and oxygen atoms in total. The molecule has 0 saturated carbocycles. The Morgan fingerprint density at radius 2 is 1.90 bits per heavy atom. The van der Waals surface area contributed by atoms with Crippen molar-refractivity contribution in [2.75, 3.05) is 53.0 Å². The first kappa shape index (κ1) is 24.9. The van der Waals surface area contributed by atoms with E-state index in [1.165, 1.54) is 0 Å². The number of hydrogen-bond donors (Lipinski definition) is 2. The molecule has 0 amide bonds. The number of aromatic nitrogens is 2. The van der Waals surface area contributed by atoms with Crippen LogP contribution in [0, 0.1) is 5.92 Å². The van der Waals surface area contributed by atoms with Gasteiger partial charge in [-0.25, -0.2) is 0 Å². The van der Waals surface area contributed by atoms with E-state index in [4.69, 9.17) is 16.3 Å². The SMILES string of the molecule is CN=C(NCC(C)CN1CCOCC1)NCC(c1ccc(Cl)cc1)n1cccn1.I. The number of nitrogens with zero attached hydrogens (tertiary/aromatic N) is 4. The van der Waals surface area contributed by atoms with Crippen molar-refractivity contribution in [3.63, 3.8) is 0 Å². The molecule has 1 aromatic carbocycles. The van der Waals surface area contributed by atoms with E-state index in [-0.39, 0.29) is 30.0 Å². The molecule has 2 aromatic rings. The monoisotopic (exact) mass is 546 g/mol. The zero-order chi connectivity index (χ0) is 20.5. The molecule has 2 atom stereocenters. The Labute approximate surface area is 201 Å². The lowest BCUT2D eigenvalue weighted by molar-refractivity contribution is 0.0320. The third-order valence-corrected chi connectivity index (χ3v) is 5.33. The van der Waals surface area contributed by atoms with Gasteiger partial charge in [-0.15, -0.1) is 24.0 Å². The van der Waals surface area contributed by atoms with Crippen LogP contribution in [0.2, 0.25) is 5.02 Å². The van der Waals surface area contributed by atoms with Gasteiger partial charge in [0, 0.05) is 57.2 Å². The molecule has 3 rings (SSSR count). The van der Waals surface area contributed by atoms with E-state index in [0.717, 1.165) is 55.9 Å². The molecular formula is C21H32ClIN6O. The second kappa shape index (κ2) is 13.1. The van der Waals surface area contributed by atoms with Crippen molar-refractivity contribution >= 4 is 41.5 Å². The topological polar surface area (TPSA) is 66.7 Å². The molecule has 1 saturated heterocycles. The van der Waals surface area contributed by atoms with E-state index in [0.29, 0.717) is 12.5 Å². The maximum Gasteiger partial charge on any atom is 0.191 e. The van der Waals surface area contributed by atoms with Crippen molar-refractivity contribution in [1.29, 1.82) is 0 Å². The molecule has 0 aliphatic carbocycles. The van der Waals surface area contributed by atoms with Gasteiger partial charge in [-0.05, 0) is 29.7 Å². The Kier molecular flexibility index (Phi) is 10.9. The quantitative estimate of drug-likeness (QED) is 0.303. The van der Waals surface area contributed by atoms with Gasteiger partial charge in [-0.2, -0.15) is 5.10 Å². The highest BCUT2D eigenvalue weighted by molar-refractivity contribution is 14.0. The Morgan fingerprint density at radius 3 is 2.53 bits per heavy atom. The zero-order valence-corrected chi connectivity index (χ0v) is 20.7. The zero-order valence-electron chi connectivity index (χ0n) is 17.6. The van der Waals surface area contributed by atoms with Crippen LogP contribution in [0.5, 0.6) is 0 Å². The summed E-state index contributed by atoms with van der Waals surface area (Å²) in [5, 5.41) is 12.0. The molecular weight excluding hydrogens is 515 g/mol. The second-order valence-electron chi connectivity index (χ2n) is 7.41. The fraction of sp³-hybridized carbons (Fsp3) is 0.524. The number of benzene rings is 1. The van der Waals surface area contributed by atoms with E-state index >= 15 is 0 Å². The lowest BCUT2D eigenvalue weighted by Crippen LogP contribution is -2.45. The van der Waals surface area contributed by atoms with E-state index in [2.05, 4.69) is 32.5 Å². The predicted molar refractivity (Wildman–Crippen MR) is 133 cm³/mol. The van der Waals surface area contributed by atoms with Gasteiger partial charge in [0.15, 0.2) is 5.96 Å². The standard InChI is InChI=1S/C21H31ClN6O.HI/c1-17(16-27-10-12-29-13-11-27)14-24-21(23-2)25-15-20(28-9-3-8-26-28)18-4-6-19(22)7-5-18;/h3-9,17,20H,10-16H2,1-2H3,(H2,23,24,25);1H. The Balaban J connectivity index is 0.00000320. The van der Waals surface area contributed by atoms with Crippen LogP contribution >= 0.6 is 35.6 Å². The van der Waals surface area contributed by atoms with Crippen LogP contribution in [0.1, 0.15) is 18.5 Å². The lowest BCUT2D eigenvalue weighted by atomic mass is 10.1. The van der Waals surface area contributed by atoms with Crippen molar-refractivity contribution in [3.8, 4) is 0 Å². The van der Waals surface area contributed by atoms with Crippen LogP contribution in [-0.2, 0) is 4.74 Å². The van der Waals surface area contributed by atoms with Crippen molar-refractivity contribution in [1.82, 2.24) is 25.3 Å². The average molecular weight is 547 g/mol. The summed E-state index contributed by atoms with van der Waals surface area (Å²) in [4.78, 5) is 6.84. The summed E-state index contributed by atoms with van der Waals surface area (Å²) in [5.74, 6) is 1.31. The summed E-state index contributed by atoms with van der Waals surface area (Å²) >= 11 is 6.05. The number of aliphatic imine (C=N–C) groups is 1. The van der Waals surface area contributed by atoms with Gasteiger partial charge in [0.1, 0.15) is 0 Å². The summed E-state index contributed by atoms with van der Waals surface area (Å²) < 4.78 is 7.37. The van der Waals surface area contributed by atoms with Crippen LogP contribution in [0.3, 0.4) is 0 Å². The summed E-state index contributed by atoms with van der Waals surface area (Å²) in [5.41, 5.74) is 1.14. The summed E-state index contributed by atoms with van der Waals surface area (Å²) in [6.45, 7) is 8.56. The number of morpholine rings is 1. The first-order valence-electron chi connectivity index (χ1n) is 10.1. The molecule has 1 aromatic heterocycles. The third-order valence-electron chi connectivity index (χ3n) is 5.08. The Hall–Kier alpha value is -1.36. The molecule has 1 fully saturated rings. The summed E-state index contributed by atoms with van der Waals surface area (Å²) in [7, 11) is 1.80. The third kappa shape index (κ3) is 7.72. The van der Waals surface area contributed by atoms with Crippen LogP contribution in [-0.4, -0.2) is 73.6 Å². The van der Waals surface area contributed by atoms with Gasteiger partial charge < -0.3 is 15.4 Å². The summed E-state index contributed by atoms with van der Waals surface area (Å²) in [6, 6.07) is 9.88. The Morgan fingerprint density at radius 1 is 1.20 bits per heavy atom. The van der Waals surface area contributed by atoms with Crippen LogP contribution < -0.4 is 10.6 Å². The van der Waals surface area contributed by atoms with Crippen molar-refractivity contribution in [2.45, 2.75) is 13.0 Å². The molecule has 30 heavy (non-hydrogen) atoms. The van der Waals surface area contributed by atoms with Crippen LogP contribution in [0.15, 0.2) is 47.7 Å². The number of hydrogen-bond acceptors (Lipinski definition) is 4. The van der Waals surface area contributed by atoms with Gasteiger partial charge in [0.05, 0.1) is 19.3 Å². The molecule has 2 N–H and O–H groups in total. The van der Waals surface area contributed by atoms with Gasteiger partial charge in [0.25, 0.3) is 0 Å². The minimum absolute atomic E-state index is 0. The molecule has 1 aliphatic heterocycles. The van der Waals surface area contributed by atoms with Gasteiger partial charge in [-0.3, -0.25) is 14.6 Å². The molecule has 2 unspecified atom stereocenters. The maximum atomic E-state index is 6.05. The second-order valence-corrected chi connectivity index (χ2v) is 7.84. The van der Waals surface area contributed by atoms with Crippen LogP contribution in [0.4, 0.5) is 0 Å². The molecule has 0 spiro atoms. The molecule has 2 heterocycles. The smallest absolute Gasteiger partial charge is 0.191 e. The molecule has 9 heteroatoms. The van der Waals surface area contributed by atoms with Gasteiger partial charge >= 0.3 is 0 Å². The largest absolute Gasteiger partial charge is 0.379 e. The van der Waals surface area contributed by atoms with Crippen molar-refractivity contribution < 1.29 is 4.74 Å². The molecule has 0 bridgehead atoms. The highest BCUT2D eigenvalue weighted by atomic mass is 127. The Bertz CT molecular complexity index is 749. The number of nitrogens with one attached hydrogen (secondary N) is 2. The molecule has 166 valence electrons. The number of rotatable bonds is 8. The highest BCUT2D eigenvalue weighted by Crippen LogP contribution is 2.19. The van der Waals surface area contributed by atoms with E-state index < -0.39 is 0 Å². The number of guanidine groups is 1. The molecule has 0 radical (unpaired) electrons. The van der Waals surface area contributed by atoms with E-state index in [9.17, 15) is 0 Å².